The maximum absolute atomic E-state index is 10.9. The van der Waals surface area contributed by atoms with E-state index >= 15 is 0 Å². The first kappa shape index (κ1) is 15.0. The molecule has 0 aliphatic rings. The van der Waals surface area contributed by atoms with E-state index in [1.165, 1.54) is 19.2 Å². The number of azide groups is 1. The Morgan fingerprint density at radius 1 is 1.53 bits per heavy atom. The average molecular weight is 265 g/mol. The number of benzene rings is 1. The molecule has 2 atom stereocenters. The molecule has 0 spiro atoms. The number of aliphatic hydroxyl groups is 2. The number of aliphatic hydroxyl groups excluding tert-OH is 2. The molecule has 0 heterocycles. The van der Waals surface area contributed by atoms with Crippen LogP contribution in [0.2, 0.25) is 0 Å². The molecule has 0 fully saturated rings. The lowest BCUT2D eigenvalue weighted by Crippen LogP contribution is -2.20. The molecule has 1 aromatic rings. The van der Waals surface area contributed by atoms with E-state index in [-0.39, 0.29) is 24.1 Å². The Labute approximate surface area is 110 Å². The Morgan fingerprint density at radius 3 is 2.84 bits per heavy atom. The largest absolute Gasteiger partial charge is 0.497 e. The standard InChI is InChI=1S/C12H15N3O4/c1-19-9-3-2-8(7-16)10(6-9)12(18)11(17)4-5-14-15-13/h2-3,6-7,11-12,17-18H,4-5H2,1H3. The number of carbonyl (C=O) groups excluding carboxylic acids is 1. The van der Waals surface area contributed by atoms with E-state index in [0.29, 0.717) is 12.0 Å². The van der Waals surface area contributed by atoms with Crippen LogP contribution < -0.4 is 4.74 Å². The predicted octanol–water partition coefficient (Wildman–Crippen LogP) is 1.60. The second kappa shape index (κ2) is 7.38. The van der Waals surface area contributed by atoms with Gasteiger partial charge in [0.15, 0.2) is 0 Å². The van der Waals surface area contributed by atoms with E-state index in [0.717, 1.165) is 0 Å². The number of methoxy groups -OCH3 is 1. The van der Waals surface area contributed by atoms with Gasteiger partial charge in [0.1, 0.15) is 18.1 Å². The molecule has 7 heteroatoms. The highest BCUT2D eigenvalue weighted by Crippen LogP contribution is 2.26. The Morgan fingerprint density at radius 2 is 2.26 bits per heavy atom. The summed E-state index contributed by atoms with van der Waals surface area (Å²) < 4.78 is 5.01. The van der Waals surface area contributed by atoms with Gasteiger partial charge >= 0.3 is 0 Å². The fourth-order valence-corrected chi connectivity index (χ4v) is 1.64. The summed E-state index contributed by atoms with van der Waals surface area (Å²) in [6.45, 7) is 0.0646. The van der Waals surface area contributed by atoms with Crippen LogP contribution in [-0.2, 0) is 0 Å². The highest BCUT2D eigenvalue weighted by Gasteiger charge is 2.21. The van der Waals surface area contributed by atoms with Crippen LogP contribution in [0.25, 0.3) is 10.4 Å². The molecule has 102 valence electrons. The number of hydrogen-bond donors (Lipinski definition) is 2. The minimum Gasteiger partial charge on any atom is -0.497 e. The maximum Gasteiger partial charge on any atom is 0.150 e. The van der Waals surface area contributed by atoms with Crippen molar-refractivity contribution in [3.8, 4) is 5.75 Å². The van der Waals surface area contributed by atoms with Gasteiger partial charge in [0, 0.05) is 17.0 Å². The van der Waals surface area contributed by atoms with E-state index in [2.05, 4.69) is 10.0 Å². The normalized spacial score (nSPS) is 13.2. The SMILES string of the molecule is COc1ccc(C=O)c(C(O)C(O)CCN=[N+]=[N-])c1. The Kier molecular flexibility index (Phi) is 5.81. The molecular formula is C12H15N3O4. The third-order valence-electron chi connectivity index (χ3n) is 2.69. The van der Waals surface area contributed by atoms with E-state index in [1.807, 2.05) is 0 Å². The molecule has 2 N–H and O–H groups in total. The molecule has 0 aliphatic carbocycles. The zero-order chi connectivity index (χ0) is 14.3. The fraction of sp³-hybridized carbons (Fsp3) is 0.417. The van der Waals surface area contributed by atoms with Crippen molar-refractivity contribution in [3.63, 3.8) is 0 Å². The van der Waals surface area contributed by atoms with Gasteiger partial charge in [-0.15, -0.1) is 0 Å². The quantitative estimate of drug-likeness (QED) is 0.337. The smallest absolute Gasteiger partial charge is 0.150 e. The summed E-state index contributed by atoms with van der Waals surface area (Å²) in [5, 5.41) is 23.1. The van der Waals surface area contributed by atoms with Gasteiger partial charge in [-0.1, -0.05) is 5.11 Å². The van der Waals surface area contributed by atoms with Gasteiger partial charge in [-0.3, -0.25) is 4.79 Å². The number of aldehydes is 1. The zero-order valence-electron chi connectivity index (χ0n) is 10.4. The number of carbonyl (C=O) groups is 1. The first-order valence-electron chi connectivity index (χ1n) is 5.64. The van der Waals surface area contributed by atoms with Crippen LogP contribution in [0.4, 0.5) is 0 Å². The van der Waals surface area contributed by atoms with Crippen molar-refractivity contribution in [3.05, 3.63) is 39.8 Å². The first-order valence-corrected chi connectivity index (χ1v) is 5.64. The summed E-state index contributed by atoms with van der Waals surface area (Å²) in [7, 11) is 1.46. The summed E-state index contributed by atoms with van der Waals surface area (Å²) in [5.41, 5.74) is 8.69. The Hall–Kier alpha value is -2.08. The average Bonchev–Trinajstić information content (AvgIpc) is 2.45. The van der Waals surface area contributed by atoms with Gasteiger partial charge in [0.25, 0.3) is 0 Å². The van der Waals surface area contributed by atoms with Crippen molar-refractivity contribution >= 4 is 6.29 Å². The van der Waals surface area contributed by atoms with Crippen LogP contribution in [0.5, 0.6) is 5.75 Å². The van der Waals surface area contributed by atoms with E-state index in [1.54, 1.807) is 6.07 Å². The zero-order valence-corrected chi connectivity index (χ0v) is 10.4. The van der Waals surface area contributed by atoms with Crippen LogP contribution in [-0.4, -0.2) is 36.3 Å². The molecule has 2 unspecified atom stereocenters. The van der Waals surface area contributed by atoms with Gasteiger partial charge < -0.3 is 14.9 Å². The molecule has 19 heavy (non-hydrogen) atoms. The molecule has 0 saturated carbocycles. The highest BCUT2D eigenvalue weighted by atomic mass is 16.5. The molecule has 0 aliphatic heterocycles. The number of rotatable bonds is 7. The second-order valence-electron chi connectivity index (χ2n) is 3.87. The topological polar surface area (TPSA) is 116 Å². The summed E-state index contributed by atoms with van der Waals surface area (Å²) in [5.74, 6) is 0.474. The summed E-state index contributed by atoms with van der Waals surface area (Å²) in [6, 6.07) is 4.59. The summed E-state index contributed by atoms with van der Waals surface area (Å²) in [6.07, 6.45) is -1.68. The molecule has 0 saturated heterocycles. The van der Waals surface area contributed by atoms with Gasteiger partial charge in [-0.05, 0) is 35.7 Å². The van der Waals surface area contributed by atoms with Crippen molar-refractivity contribution in [1.82, 2.24) is 0 Å². The molecule has 0 amide bonds. The monoisotopic (exact) mass is 265 g/mol. The van der Waals surface area contributed by atoms with Crippen LogP contribution >= 0.6 is 0 Å². The van der Waals surface area contributed by atoms with E-state index in [9.17, 15) is 15.0 Å². The number of nitrogens with zero attached hydrogens (tertiary/aromatic N) is 3. The molecule has 0 radical (unpaired) electrons. The third kappa shape index (κ3) is 3.96. The number of hydrogen-bond acceptors (Lipinski definition) is 5. The van der Waals surface area contributed by atoms with Crippen LogP contribution in [0.3, 0.4) is 0 Å². The molecule has 1 aromatic carbocycles. The lowest BCUT2D eigenvalue weighted by molar-refractivity contribution is 0.0146. The van der Waals surface area contributed by atoms with Gasteiger partial charge in [0.2, 0.25) is 0 Å². The summed E-state index contributed by atoms with van der Waals surface area (Å²) in [4.78, 5) is 13.5. The van der Waals surface area contributed by atoms with Crippen LogP contribution in [0.15, 0.2) is 23.3 Å². The molecule has 7 nitrogen and oxygen atoms in total. The minimum absolute atomic E-state index is 0.0646. The molecule has 0 aromatic heterocycles. The van der Waals surface area contributed by atoms with Crippen molar-refractivity contribution < 1.29 is 19.7 Å². The highest BCUT2D eigenvalue weighted by molar-refractivity contribution is 5.78. The van der Waals surface area contributed by atoms with Gasteiger partial charge in [-0.2, -0.15) is 0 Å². The van der Waals surface area contributed by atoms with Crippen LogP contribution in [0, 0.1) is 0 Å². The van der Waals surface area contributed by atoms with Crippen molar-refractivity contribution in [1.29, 1.82) is 0 Å². The van der Waals surface area contributed by atoms with E-state index < -0.39 is 12.2 Å². The molecule has 1 rings (SSSR count). The summed E-state index contributed by atoms with van der Waals surface area (Å²) >= 11 is 0. The lowest BCUT2D eigenvalue weighted by atomic mass is 9.97. The Bertz CT molecular complexity index is 486. The Balaban J connectivity index is 2.92. The molecular weight excluding hydrogens is 250 g/mol. The van der Waals surface area contributed by atoms with Gasteiger partial charge in [0.05, 0.1) is 13.2 Å². The first-order chi connectivity index (χ1) is 9.13. The van der Waals surface area contributed by atoms with E-state index in [4.69, 9.17) is 10.3 Å². The van der Waals surface area contributed by atoms with Crippen molar-refractivity contribution in [2.75, 3.05) is 13.7 Å². The maximum atomic E-state index is 10.9. The predicted molar refractivity (Wildman–Crippen MR) is 68.0 cm³/mol. The van der Waals surface area contributed by atoms with Crippen LogP contribution in [0.1, 0.15) is 28.4 Å². The third-order valence-corrected chi connectivity index (χ3v) is 2.69. The van der Waals surface area contributed by atoms with Crippen molar-refractivity contribution in [2.45, 2.75) is 18.6 Å². The second-order valence-corrected chi connectivity index (χ2v) is 3.87. The fourth-order valence-electron chi connectivity index (χ4n) is 1.64. The number of ether oxygens (including phenoxy) is 1. The van der Waals surface area contributed by atoms with Gasteiger partial charge in [-0.25, -0.2) is 0 Å². The lowest BCUT2D eigenvalue weighted by Gasteiger charge is -2.19. The van der Waals surface area contributed by atoms with Crippen molar-refractivity contribution in [2.24, 2.45) is 5.11 Å². The molecule has 0 bridgehead atoms. The minimum atomic E-state index is -1.25.